The summed E-state index contributed by atoms with van der Waals surface area (Å²) in [5.41, 5.74) is 3.02. The zero-order valence-electron chi connectivity index (χ0n) is 14.3. The van der Waals surface area contributed by atoms with Crippen molar-refractivity contribution >= 4 is 23.1 Å². The third-order valence-electron chi connectivity index (χ3n) is 6.33. The van der Waals surface area contributed by atoms with Crippen molar-refractivity contribution in [2.24, 2.45) is 17.8 Å². The van der Waals surface area contributed by atoms with Crippen molar-refractivity contribution in [2.75, 3.05) is 10.2 Å². The number of carbonyl (C=O) groups excluding carboxylic acids is 1. The molecule has 0 spiro atoms. The molecule has 2 saturated carbocycles. The summed E-state index contributed by atoms with van der Waals surface area (Å²) in [6, 6.07) is 12.1. The number of rotatable bonds is 1. The SMILES string of the molecule is O=C(C1CC[C@@H]2CCC[C@H]12)N1Cc2cccnc2Nc2ccccc21. The number of nitrogens with one attached hydrogen (secondary N) is 1. The Labute approximate surface area is 148 Å². The highest BCUT2D eigenvalue weighted by atomic mass is 16.2. The van der Waals surface area contributed by atoms with Crippen LogP contribution in [0.1, 0.15) is 37.7 Å². The second kappa shape index (κ2) is 5.87. The first-order valence-corrected chi connectivity index (χ1v) is 9.42. The Morgan fingerprint density at radius 3 is 2.96 bits per heavy atom. The molecular formula is C21H23N3O. The molecule has 2 heterocycles. The van der Waals surface area contributed by atoms with Crippen molar-refractivity contribution < 1.29 is 4.79 Å². The molecule has 1 N–H and O–H groups in total. The molecule has 3 aliphatic rings. The van der Waals surface area contributed by atoms with Crippen LogP contribution in [0.15, 0.2) is 42.6 Å². The van der Waals surface area contributed by atoms with E-state index in [0.717, 1.165) is 35.1 Å². The normalized spacial score (nSPS) is 27.0. The lowest BCUT2D eigenvalue weighted by Gasteiger charge is -2.28. The van der Waals surface area contributed by atoms with Gasteiger partial charge in [-0.15, -0.1) is 0 Å². The molecule has 25 heavy (non-hydrogen) atoms. The monoisotopic (exact) mass is 333 g/mol. The van der Waals surface area contributed by atoms with Crippen LogP contribution in [0.25, 0.3) is 0 Å². The van der Waals surface area contributed by atoms with E-state index >= 15 is 0 Å². The molecule has 1 aromatic carbocycles. The Kier molecular flexibility index (Phi) is 3.51. The minimum atomic E-state index is 0.193. The fourth-order valence-electron chi connectivity index (χ4n) is 5.14. The lowest BCUT2D eigenvalue weighted by atomic mass is 9.90. The third kappa shape index (κ3) is 2.43. The maximum Gasteiger partial charge on any atom is 0.230 e. The van der Waals surface area contributed by atoms with Crippen molar-refractivity contribution in [2.45, 2.75) is 38.6 Å². The van der Waals surface area contributed by atoms with Crippen LogP contribution in [0.2, 0.25) is 0 Å². The zero-order valence-corrected chi connectivity index (χ0v) is 14.3. The van der Waals surface area contributed by atoms with Gasteiger partial charge in [-0.2, -0.15) is 0 Å². The molecule has 2 aromatic rings. The van der Waals surface area contributed by atoms with Crippen LogP contribution in [-0.2, 0) is 11.3 Å². The van der Waals surface area contributed by atoms with Crippen LogP contribution in [0.4, 0.5) is 17.2 Å². The van der Waals surface area contributed by atoms with Crippen LogP contribution < -0.4 is 10.2 Å². The summed E-state index contributed by atoms with van der Waals surface area (Å²) in [4.78, 5) is 20.0. The van der Waals surface area contributed by atoms with Crippen molar-refractivity contribution in [3.05, 3.63) is 48.2 Å². The smallest absolute Gasteiger partial charge is 0.230 e. The van der Waals surface area contributed by atoms with Gasteiger partial charge in [-0.3, -0.25) is 4.79 Å². The number of nitrogens with zero attached hydrogens (tertiary/aromatic N) is 2. The molecule has 2 aliphatic carbocycles. The van der Waals surface area contributed by atoms with Crippen LogP contribution in [0.3, 0.4) is 0 Å². The lowest BCUT2D eigenvalue weighted by molar-refractivity contribution is -0.123. The standard InChI is InChI=1S/C21H23N3O/c25-21(17-11-10-14-5-3-7-16(14)17)24-13-15-6-4-12-22-20(15)23-18-8-1-2-9-19(18)24/h1-2,4,6,8-9,12,14,16-17H,3,5,7,10-11,13H2,(H,22,23)/t14-,16-,17?/m0/s1. The number of carbonyl (C=O) groups is 1. The van der Waals surface area contributed by atoms with Crippen LogP contribution in [0, 0.1) is 17.8 Å². The van der Waals surface area contributed by atoms with Gasteiger partial charge in [-0.1, -0.05) is 31.0 Å². The average molecular weight is 333 g/mol. The van der Waals surface area contributed by atoms with Crippen molar-refractivity contribution in [3.8, 4) is 0 Å². The highest BCUT2D eigenvalue weighted by Gasteiger charge is 2.44. The molecule has 1 aromatic heterocycles. The van der Waals surface area contributed by atoms with Crippen molar-refractivity contribution in [3.63, 3.8) is 0 Å². The quantitative estimate of drug-likeness (QED) is 0.836. The highest BCUT2D eigenvalue weighted by molar-refractivity contribution is 5.99. The molecule has 1 amide bonds. The first-order valence-electron chi connectivity index (χ1n) is 9.42. The second-order valence-electron chi connectivity index (χ2n) is 7.62. The number of amides is 1. The van der Waals surface area contributed by atoms with Gasteiger partial charge in [0.15, 0.2) is 0 Å². The van der Waals surface area contributed by atoms with Gasteiger partial charge in [0.2, 0.25) is 5.91 Å². The predicted octanol–water partition coefficient (Wildman–Crippen LogP) is 4.50. The molecule has 3 atom stereocenters. The van der Waals surface area contributed by atoms with Crippen molar-refractivity contribution in [1.29, 1.82) is 0 Å². The average Bonchev–Trinajstić information content (AvgIpc) is 3.20. The third-order valence-corrected chi connectivity index (χ3v) is 6.33. The number of hydrogen-bond donors (Lipinski definition) is 1. The summed E-state index contributed by atoms with van der Waals surface area (Å²) in [7, 11) is 0. The minimum Gasteiger partial charge on any atom is -0.338 e. The van der Waals surface area contributed by atoms with Gasteiger partial charge in [0.25, 0.3) is 0 Å². The fourth-order valence-corrected chi connectivity index (χ4v) is 5.14. The summed E-state index contributed by atoms with van der Waals surface area (Å²) in [6.45, 7) is 0.597. The predicted molar refractivity (Wildman–Crippen MR) is 98.7 cm³/mol. The zero-order chi connectivity index (χ0) is 16.8. The number of benzene rings is 1. The van der Waals surface area contributed by atoms with Crippen molar-refractivity contribution in [1.82, 2.24) is 4.98 Å². The van der Waals surface area contributed by atoms with E-state index in [1.54, 1.807) is 6.20 Å². The minimum absolute atomic E-state index is 0.193. The Balaban J connectivity index is 1.54. The van der Waals surface area contributed by atoms with E-state index in [1.165, 1.54) is 25.7 Å². The molecule has 1 aliphatic heterocycles. The topological polar surface area (TPSA) is 45.2 Å². The largest absolute Gasteiger partial charge is 0.338 e. The van der Waals surface area contributed by atoms with Crippen LogP contribution in [0.5, 0.6) is 0 Å². The van der Waals surface area contributed by atoms with Gasteiger partial charge >= 0.3 is 0 Å². The van der Waals surface area contributed by atoms with E-state index < -0.39 is 0 Å². The number of pyridine rings is 1. The van der Waals surface area contributed by atoms with Crippen LogP contribution in [-0.4, -0.2) is 10.9 Å². The fraction of sp³-hybridized carbons (Fsp3) is 0.429. The van der Waals surface area contributed by atoms with Gasteiger partial charge in [0.1, 0.15) is 5.82 Å². The molecule has 0 bridgehead atoms. The molecule has 2 fully saturated rings. The number of anilines is 3. The Morgan fingerprint density at radius 2 is 2.00 bits per heavy atom. The highest BCUT2D eigenvalue weighted by Crippen LogP contribution is 2.49. The summed E-state index contributed by atoms with van der Waals surface area (Å²) in [5.74, 6) is 2.74. The van der Waals surface area contributed by atoms with E-state index in [-0.39, 0.29) is 5.92 Å². The Bertz CT molecular complexity index is 818. The number of aromatic nitrogens is 1. The van der Waals surface area contributed by atoms with Crippen LogP contribution >= 0.6 is 0 Å². The number of para-hydroxylation sites is 2. The lowest BCUT2D eigenvalue weighted by Crippen LogP contribution is -2.37. The summed E-state index contributed by atoms with van der Waals surface area (Å²) < 4.78 is 0. The van der Waals surface area contributed by atoms with Gasteiger partial charge in [-0.05, 0) is 49.3 Å². The summed E-state index contributed by atoms with van der Waals surface area (Å²) >= 11 is 0. The van der Waals surface area contributed by atoms with Gasteiger partial charge < -0.3 is 10.2 Å². The van der Waals surface area contributed by atoms with E-state index in [0.29, 0.717) is 18.4 Å². The molecule has 1 unspecified atom stereocenters. The van der Waals surface area contributed by atoms with Gasteiger partial charge in [0.05, 0.1) is 17.9 Å². The number of fused-ring (bicyclic) bond motifs is 3. The maximum atomic E-state index is 13.5. The molecular weight excluding hydrogens is 310 g/mol. The molecule has 5 rings (SSSR count). The second-order valence-corrected chi connectivity index (χ2v) is 7.62. The van der Waals surface area contributed by atoms with Gasteiger partial charge in [-0.25, -0.2) is 4.98 Å². The molecule has 4 nitrogen and oxygen atoms in total. The van der Waals surface area contributed by atoms with E-state index in [2.05, 4.69) is 16.4 Å². The molecule has 0 saturated heterocycles. The maximum absolute atomic E-state index is 13.5. The Morgan fingerprint density at radius 1 is 1.08 bits per heavy atom. The van der Waals surface area contributed by atoms with E-state index in [1.807, 2.05) is 35.2 Å². The molecule has 4 heteroatoms. The van der Waals surface area contributed by atoms with E-state index in [9.17, 15) is 4.79 Å². The molecule has 0 radical (unpaired) electrons. The first-order chi connectivity index (χ1) is 12.3. The Hall–Kier alpha value is -2.36. The summed E-state index contributed by atoms with van der Waals surface area (Å²) in [5, 5.41) is 3.42. The summed E-state index contributed by atoms with van der Waals surface area (Å²) in [6.07, 6.45) is 7.93. The first kappa shape index (κ1) is 14.9. The van der Waals surface area contributed by atoms with E-state index in [4.69, 9.17) is 0 Å². The molecule has 128 valence electrons. The van der Waals surface area contributed by atoms with Gasteiger partial charge in [0, 0.05) is 17.7 Å². The number of hydrogen-bond acceptors (Lipinski definition) is 3.